The first-order valence-corrected chi connectivity index (χ1v) is 5.23. The fourth-order valence-corrected chi connectivity index (χ4v) is 1.27. The third kappa shape index (κ3) is 3.11. The Hall–Kier alpha value is -0.740. The zero-order chi connectivity index (χ0) is 9.19. The highest BCUT2D eigenvalue weighted by atomic mass is 35.5. The molecule has 0 heterocycles. The molecule has 0 aliphatic rings. The van der Waals surface area contributed by atoms with Gasteiger partial charge in [0, 0.05) is 12.1 Å². The van der Waals surface area contributed by atoms with Crippen LogP contribution in [0.25, 0.3) is 0 Å². The molecule has 0 aliphatic carbocycles. The van der Waals surface area contributed by atoms with Crippen LogP contribution in [0.4, 0.5) is 0 Å². The Bertz CT molecular complexity index is 372. The van der Waals surface area contributed by atoms with Crippen LogP contribution >= 0.6 is 11.6 Å². The molecule has 1 radical (unpaired) electrons. The lowest BCUT2D eigenvalue weighted by Crippen LogP contribution is -2.05. The van der Waals surface area contributed by atoms with Crippen molar-refractivity contribution in [3.05, 3.63) is 29.3 Å². The van der Waals surface area contributed by atoms with Gasteiger partial charge < -0.3 is 4.18 Å². The van der Waals surface area contributed by atoms with Crippen molar-refractivity contribution in [2.24, 2.45) is 0 Å². The van der Waals surface area contributed by atoms with Gasteiger partial charge in [-0.3, -0.25) is 0 Å². The summed E-state index contributed by atoms with van der Waals surface area (Å²) in [6.45, 7) is 0. The molecule has 3 nitrogen and oxygen atoms in total. The fraction of sp³-hybridized carbons (Fsp3) is 0.143. The summed E-state index contributed by atoms with van der Waals surface area (Å²) < 4.78 is 25.8. The minimum Gasteiger partial charge on any atom is -0.383 e. The summed E-state index contributed by atoms with van der Waals surface area (Å²) in [5.74, 6) is 0.196. The average molecular weight is 206 g/mol. The van der Waals surface area contributed by atoms with Gasteiger partial charge in [-0.25, -0.2) is 0 Å². The molecule has 1 aromatic rings. The molecule has 0 atom stereocenters. The molecule has 0 aliphatic heterocycles. The number of hydrogen-bond acceptors (Lipinski definition) is 3. The molecule has 5 heteroatoms. The largest absolute Gasteiger partial charge is 0.383 e. The van der Waals surface area contributed by atoms with Crippen molar-refractivity contribution in [3.8, 4) is 5.75 Å². The van der Waals surface area contributed by atoms with Gasteiger partial charge in [-0.1, -0.05) is 11.6 Å². The Morgan fingerprint density at radius 3 is 2.75 bits per heavy atom. The molecule has 1 rings (SSSR count). The summed E-state index contributed by atoms with van der Waals surface area (Å²) in [6.07, 6.45) is 0.970. The van der Waals surface area contributed by atoms with E-state index in [4.69, 9.17) is 11.6 Å². The average Bonchev–Trinajstić information content (AvgIpc) is 1.82. The van der Waals surface area contributed by atoms with Crippen LogP contribution in [-0.2, 0) is 10.1 Å². The molecule has 0 N–H and O–H groups in total. The van der Waals surface area contributed by atoms with Gasteiger partial charge in [0.25, 0.3) is 0 Å². The van der Waals surface area contributed by atoms with Crippen molar-refractivity contribution in [2.45, 2.75) is 0 Å². The molecule has 1 aromatic carbocycles. The molecule has 0 spiro atoms. The van der Waals surface area contributed by atoms with E-state index in [2.05, 4.69) is 10.2 Å². The van der Waals surface area contributed by atoms with E-state index in [9.17, 15) is 8.42 Å². The predicted molar refractivity (Wildman–Crippen MR) is 45.8 cm³/mol. The molecule has 0 saturated heterocycles. The van der Waals surface area contributed by atoms with Gasteiger partial charge in [-0.15, -0.1) is 0 Å². The molecule has 0 saturated carbocycles. The van der Waals surface area contributed by atoms with E-state index < -0.39 is 10.1 Å². The van der Waals surface area contributed by atoms with E-state index in [0.717, 1.165) is 6.26 Å². The predicted octanol–water partition coefficient (Wildman–Crippen LogP) is 1.48. The lowest BCUT2D eigenvalue weighted by molar-refractivity contribution is 0.493. The highest BCUT2D eigenvalue weighted by Crippen LogP contribution is 2.17. The summed E-state index contributed by atoms with van der Waals surface area (Å²) in [6, 6.07) is 6.98. The standard InChI is InChI=1S/C7H6ClO3S/c1-12(9,10)11-7-4-2-3-6(8)5-7/h2,4-5H,1H3. The van der Waals surface area contributed by atoms with Crippen molar-refractivity contribution in [3.63, 3.8) is 0 Å². The van der Waals surface area contributed by atoms with E-state index in [1.54, 1.807) is 0 Å². The van der Waals surface area contributed by atoms with E-state index in [0.29, 0.717) is 5.02 Å². The van der Waals surface area contributed by atoms with Crippen LogP contribution in [0.1, 0.15) is 0 Å². The Morgan fingerprint density at radius 1 is 1.58 bits per heavy atom. The van der Waals surface area contributed by atoms with Gasteiger partial charge in [-0.2, -0.15) is 8.42 Å². The zero-order valence-electron chi connectivity index (χ0n) is 6.24. The van der Waals surface area contributed by atoms with Gasteiger partial charge in [0.15, 0.2) is 0 Å². The molecule has 0 aromatic heterocycles. The van der Waals surface area contributed by atoms with Crippen LogP contribution in [0.15, 0.2) is 18.2 Å². The first kappa shape index (κ1) is 9.35. The smallest absolute Gasteiger partial charge is 0.306 e. The Balaban J connectivity index is 2.91. The highest BCUT2D eigenvalue weighted by Gasteiger charge is 2.03. The summed E-state index contributed by atoms with van der Waals surface area (Å²) in [5, 5.41) is 0.316. The molecule has 0 fully saturated rings. The van der Waals surface area contributed by atoms with Crippen LogP contribution in [-0.4, -0.2) is 14.7 Å². The van der Waals surface area contributed by atoms with Crippen LogP contribution < -0.4 is 4.18 Å². The summed E-state index contributed by atoms with van der Waals surface area (Å²) in [4.78, 5) is 0. The quantitative estimate of drug-likeness (QED) is 0.687. The van der Waals surface area contributed by atoms with E-state index in [1.807, 2.05) is 0 Å². The Morgan fingerprint density at radius 2 is 2.25 bits per heavy atom. The minimum absolute atomic E-state index is 0.196. The third-order valence-corrected chi connectivity index (χ3v) is 1.70. The molecular formula is C7H6ClO3S. The van der Waals surface area contributed by atoms with Crippen molar-refractivity contribution < 1.29 is 12.6 Å². The second-order valence-electron chi connectivity index (χ2n) is 2.16. The Labute approximate surface area is 76.0 Å². The number of benzene rings is 1. The normalized spacial score (nSPS) is 11.2. The minimum atomic E-state index is -3.47. The maximum atomic E-state index is 10.6. The van der Waals surface area contributed by atoms with E-state index in [1.165, 1.54) is 18.2 Å². The summed E-state index contributed by atoms with van der Waals surface area (Å²) in [7, 11) is -3.47. The molecule has 0 bridgehead atoms. The van der Waals surface area contributed by atoms with E-state index in [-0.39, 0.29) is 5.75 Å². The summed E-state index contributed by atoms with van der Waals surface area (Å²) >= 11 is 5.54. The summed E-state index contributed by atoms with van der Waals surface area (Å²) in [5.41, 5.74) is 0. The lowest BCUT2D eigenvalue weighted by atomic mass is 10.3. The fourth-order valence-electron chi connectivity index (χ4n) is 0.645. The van der Waals surface area contributed by atoms with Gasteiger partial charge in [0.2, 0.25) is 0 Å². The van der Waals surface area contributed by atoms with Crippen molar-refractivity contribution in [1.29, 1.82) is 0 Å². The van der Waals surface area contributed by atoms with Gasteiger partial charge in [-0.05, 0) is 12.1 Å². The van der Waals surface area contributed by atoms with Crippen molar-refractivity contribution in [1.82, 2.24) is 0 Å². The lowest BCUT2D eigenvalue weighted by Gasteiger charge is -2.01. The molecule has 12 heavy (non-hydrogen) atoms. The Kier molecular flexibility index (Phi) is 2.59. The molecule has 0 unspecified atom stereocenters. The van der Waals surface area contributed by atoms with Crippen LogP contribution in [0.3, 0.4) is 0 Å². The van der Waals surface area contributed by atoms with Gasteiger partial charge >= 0.3 is 10.1 Å². The molecular weight excluding hydrogens is 200 g/mol. The zero-order valence-corrected chi connectivity index (χ0v) is 7.82. The van der Waals surface area contributed by atoms with Crippen molar-refractivity contribution in [2.75, 3.05) is 6.26 Å². The third-order valence-electron chi connectivity index (χ3n) is 0.985. The molecule has 65 valence electrons. The van der Waals surface area contributed by atoms with Crippen LogP contribution in [0.2, 0.25) is 5.02 Å². The van der Waals surface area contributed by atoms with Crippen LogP contribution in [0, 0.1) is 6.07 Å². The molecule has 0 amide bonds. The first-order valence-electron chi connectivity index (χ1n) is 3.04. The van der Waals surface area contributed by atoms with Gasteiger partial charge in [0.05, 0.1) is 11.3 Å². The maximum absolute atomic E-state index is 10.6. The second-order valence-corrected chi connectivity index (χ2v) is 4.14. The van der Waals surface area contributed by atoms with E-state index >= 15 is 0 Å². The maximum Gasteiger partial charge on any atom is 0.306 e. The number of hydrogen-bond donors (Lipinski definition) is 0. The topological polar surface area (TPSA) is 43.4 Å². The second kappa shape index (κ2) is 3.33. The van der Waals surface area contributed by atoms with Crippen molar-refractivity contribution >= 4 is 21.7 Å². The number of rotatable bonds is 2. The highest BCUT2D eigenvalue weighted by molar-refractivity contribution is 7.86. The van der Waals surface area contributed by atoms with Crippen LogP contribution in [0.5, 0.6) is 5.75 Å². The SMILES string of the molecule is CS(=O)(=O)Oc1cc[c]c(Cl)c1. The monoisotopic (exact) mass is 205 g/mol. The first-order chi connectivity index (χ1) is 5.47. The van der Waals surface area contributed by atoms with Gasteiger partial charge in [0.1, 0.15) is 5.75 Å². The number of halogens is 1.